The van der Waals surface area contributed by atoms with Gasteiger partial charge in [-0.2, -0.15) is 0 Å². The zero-order valence-electron chi connectivity index (χ0n) is 30.0. The van der Waals surface area contributed by atoms with Crippen molar-refractivity contribution in [2.24, 2.45) is 5.73 Å². The quantitative estimate of drug-likeness (QED) is 0.0197. The van der Waals surface area contributed by atoms with Crippen molar-refractivity contribution in [2.45, 2.75) is 199 Å². The minimum atomic E-state index is -5.01. The average Bonchev–Trinajstić information content (AvgIpc) is 3.03. The van der Waals surface area contributed by atoms with Gasteiger partial charge < -0.3 is 20.3 Å². The maximum Gasteiger partial charge on any atom is 0.469 e. The van der Waals surface area contributed by atoms with Gasteiger partial charge in [0.1, 0.15) is 0 Å². The summed E-state index contributed by atoms with van der Waals surface area (Å²) in [6.45, 7) is 3.39. The van der Waals surface area contributed by atoms with Crippen LogP contribution in [0.25, 0.3) is 0 Å². The number of phosphoric ester groups is 1. The predicted molar refractivity (Wildman–Crippen MR) is 191 cm³/mol. The highest BCUT2D eigenvalue weighted by Gasteiger charge is 2.45. The van der Waals surface area contributed by atoms with Gasteiger partial charge in [-0.15, -0.1) is 0 Å². The van der Waals surface area contributed by atoms with E-state index in [9.17, 15) is 18.9 Å². The summed E-state index contributed by atoms with van der Waals surface area (Å²) in [5.74, 6) is -2.90. The summed E-state index contributed by atoms with van der Waals surface area (Å²) in [6.07, 6.45) is 33.6. The largest absolute Gasteiger partial charge is 0.469 e. The molecule has 10 heteroatoms. The number of hydrogen-bond acceptors (Lipinski definition) is 7. The van der Waals surface area contributed by atoms with Gasteiger partial charge in [0.05, 0.1) is 6.61 Å². The van der Waals surface area contributed by atoms with Gasteiger partial charge in [0.25, 0.3) is 0 Å². The maximum atomic E-state index is 12.9. The van der Waals surface area contributed by atoms with E-state index in [1.54, 1.807) is 0 Å². The second-order valence-electron chi connectivity index (χ2n) is 13.2. The van der Waals surface area contributed by atoms with Crippen LogP contribution in [0.1, 0.15) is 194 Å². The molecular weight excluding hydrogens is 617 g/mol. The van der Waals surface area contributed by atoms with Crippen LogP contribution in [-0.2, 0) is 28.2 Å². The molecule has 4 N–H and O–H groups in total. The SMILES string of the molecule is CCCCCCCC/C=C\CCCCCCCC(=O)[C@](N)(COP(=O)(O)O)C(=O)OC(=O)CCCCCCCCCCCCCCC. The third-order valence-corrected chi connectivity index (χ3v) is 9.14. The molecule has 0 radical (unpaired) electrons. The second kappa shape index (κ2) is 30.7. The zero-order valence-corrected chi connectivity index (χ0v) is 30.9. The molecule has 276 valence electrons. The Morgan fingerprint density at radius 1 is 0.596 bits per heavy atom. The summed E-state index contributed by atoms with van der Waals surface area (Å²) < 4.78 is 20.6. The maximum absolute atomic E-state index is 12.9. The van der Waals surface area contributed by atoms with Crippen LogP contribution in [0.5, 0.6) is 0 Å². The van der Waals surface area contributed by atoms with Gasteiger partial charge in [-0.1, -0.05) is 154 Å². The molecule has 1 atom stereocenters. The lowest BCUT2D eigenvalue weighted by Crippen LogP contribution is -2.59. The third-order valence-electron chi connectivity index (χ3n) is 8.68. The molecule has 0 saturated heterocycles. The number of ketones is 1. The summed E-state index contributed by atoms with van der Waals surface area (Å²) in [6, 6.07) is 0. The van der Waals surface area contributed by atoms with Gasteiger partial charge >= 0.3 is 19.8 Å². The molecule has 0 aliphatic rings. The Morgan fingerprint density at radius 3 is 1.36 bits per heavy atom. The molecular formula is C37H70NO8P. The molecule has 9 nitrogen and oxygen atoms in total. The molecule has 0 aromatic rings. The lowest BCUT2D eigenvalue weighted by atomic mass is 9.92. The van der Waals surface area contributed by atoms with Crippen molar-refractivity contribution in [3.8, 4) is 0 Å². The molecule has 0 bridgehead atoms. The molecule has 0 fully saturated rings. The predicted octanol–water partition coefficient (Wildman–Crippen LogP) is 9.95. The van der Waals surface area contributed by atoms with E-state index in [0.717, 1.165) is 57.8 Å². The smallest absolute Gasteiger partial charge is 0.391 e. The van der Waals surface area contributed by atoms with Gasteiger partial charge in [-0.05, 0) is 38.5 Å². The Balaban J connectivity index is 4.29. The fourth-order valence-electron chi connectivity index (χ4n) is 5.55. The number of carbonyl (C=O) groups is 3. The number of hydrogen-bond donors (Lipinski definition) is 3. The van der Waals surface area contributed by atoms with E-state index in [1.807, 2.05) is 0 Å². The number of Topliss-reactive ketones (excluding diaryl/α,β-unsaturated/α-hetero) is 1. The molecule has 0 saturated carbocycles. The molecule has 0 unspecified atom stereocenters. The Morgan fingerprint density at radius 2 is 0.957 bits per heavy atom. The number of ether oxygens (including phenoxy) is 1. The van der Waals surface area contributed by atoms with Crippen molar-refractivity contribution in [2.75, 3.05) is 6.61 Å². The van der Waals surface area contributed by atoms with Gasteiger partial charge in [0.2, 0.25) is 0 Å². The molecule has 0 aromatic carbocycles. The van der Waals surface area contributed by atoms with E-state index in [1.165, 1.54) is 96.3 Å². The number of nitrogens with two attached hydrogens (primary N) is 1. The fourth-order valence-corrected chi connectivity index (χ4v) is 5.92. The first-order valence-electron chi connectivity index (χ1n) is 19.0. The lowest BCUT2D eigenvalue weighted by Gasteiger charge is -2.25. The molecule has 0 spiro atoms. The lowest BCUT2D eigenvalue weighted by molar-refractivity contribution is -0.165. The first-order valence-corrected chi connectivity index (χ1v) is 20.5. The summed E-state index contributed by atoms with van der Waals surface area (Å²) >= 11 is 0. The minimum Gasteiger partial charge on any atom is -0.391 e. The first kappa shape index (κ1) is 45.6. The molecule has 0 rings (SSSR count). The second-order valence-corrected chi connectivity index (χ2v) is 14.5. The monoisotopic (exact) mass is 687 g/mol. The van der Waals surface area contributed by atoms with Gasteiger partial charge in [-0.25, -0.2) is 9.36 Å². The Hall–Kier alpha value is -1.38. The Kier molecular flexibility index (Phi) is 29.8. The average molecular weight is 688 g/mol. The highest BCUT2D eigenvalue weighted by molar-refractivity contribution is 7.46. The first-order chi connectivity index (χ1) is 22.6. The molecule has 0 aromatic heterocycles. The van der Waals surface area contributed by atoms with E-state index < -0.39 is 37.7 Å². The highest BCUT2D eigenvalue weighted by atomic mass is 31.2. The van der Waals surface area contributed by atoms with Crippen LogP contribution in [0.15, 0.2) is 12.2 Å². The van der Waals surface area contributed by atoms with Crippen LogP contribution >= 0.6 is 7.82 Å². The van der Waals surface area contributed by atoms with Crippen LogP contribution in [-0.4, -0.2) is 39.7 Å². The van der Waals surface area contributed by atoms with Crippen molar-refractivity contribution in [1.29, 1.82) is 0 Å². The van der Waals surface area contributed by atoms with Crippen LogP contribution < -0.4 is 5.73 Å². The fraction of sp³-hybridized carbons (Fsp3) is 0.865. The number of allylic oxidation sites excluding steroid dienone is 2. The van der Waals surface area contributed by atoms with Crippen LogP contribution in [0.2, 0.25) is 0 Å². The minimum absolute atomic E-state index is 0.00135. The van der Waals surface area contributed by atoms with Gasteiger partial charge in [0.15, 0.2) is 11.3 Å². The highest BCUT2D eigenvalue weighted by Crippen LogP contribution is 2.37. The number of esters is 2. The molecule has 0 aliphatic heterocycles. The van der Waals surface area contributed by atoms with Crippen molar-refractivity contribution in [3.05, 3.63) is 12.2 Å². The van der Waals surface area contributed by atoms with E-state index in [0.29, 0.717) is 12.8 Å². The van der Waals surface area contributed by atoms with Crippen molar-refractivity contribution in [3.63, 3.8) is 0 Å². The summed E-state index contributed by atoms with van der Waals surface area (Å²) in [5, 5.41) is 0. The van der Waals surface area contributed by atoms with E-state index in [4.69, 9.17) is 20.3 Å². The number of rotatable bonds is 34. The van der Waals surface area contributed by atoms with Crippen molar-refractivity contribution >= 4 is 25.5 Å². The van der Waals surface area contributed by atoms with Crippen molar-refractivity contribution < 1.29 is 38.0 Å². The summed E-state index contributed by atoms with van der Waals surface area (Å²) in [4.78, 5) is 56.3. The molecule has 0 aliphatic carbocycles. The third kappa shape index (κ3) is 28.2. The summed E-state index contributed by atoms with van der Waals surface area (Å²) in [7, 11) is -5.01. The molecule has 0 heterocycles. The normalized spacial score (nSPS) is 13.2. The Labute approximate surface area is 286 Å². The van der Waals surface area contributed by atoms with Gasteiger partial charge in [0, 0.05) is 12.8 Å². The number of unbranched alkanes of at least 4 members (excludes halogenated alkanes) is 23. The van der Waals surface area contributed by atoms with E-state index in [-0.39, 0.29) is 12.8 Å². The Bertz CT molecular complexity index is 874. The zero-order chi connectivity index (χ0) is 35.1. The van der Waals surface area contributed by atoms with Crippen LogP contribution in [0.3, 0.4) is 0 Å². The molecule has 47 heavy (non-hydrogen) atoms. The summed E-state index contributed by atoms with van der Waals surface area (Å²) in [5.41, 5.74) is 3.56. The van der Waals surface area contributed by atoms with Crippen LogP contribution in [0.4, 0.5) is 0 Å². The topological polar surface area (TPSA) is 153 Å². The van der Waals surface area contributed by atoms with Crippen molar-refractivity contribution in [1.82, 2.24) is 0 Å². The molecule has 0 amide bonds. The standard InChI is InChI=1S/C37H70NO8P/c1-3-5-7-9-11-13-15-17-18-20-21-23-25-27-29-31-34(39)37(38,33-45-47(42,43)44)36(41)46-35(40)32-30-28-26-24-22-19-16-14-12-10-8-6-4-2/h17-18H,3-16,19-33,38H2,1-2H3,(H2,42,43,44)/b18-17-/t37-/m1/s1. The van der Waals surface area contributed by atoms with Crippen LogP contribution in [0, 0.1) is 0 Å². The van der Waals surface area contributed by atoms with Gasteiger partial charge in [-0.3, -0.25) is 14.1 Å². The van der Waals surface area contributed by atoms with E-state index >= 15 is 0 Å². The van der Waals surface area contributed by atoms with E-state index in [2.05, 4.69) is 30.5 Å². The number of phosphoric acid groups is 1. The number of carbonyl (C=O) groups excluding carboxylic acids is 3.